The third-order valence-corrected chi connectivity index (χ3v) is 7.38. The minimum absolute atomic E-state index is 0.669. The number of benzene rings is 4. The summed E-state index contributed by atoms with van der Waals surface area (Å²) in [7, 11) is 8.31. The van der Waals surface area contributed by atoms with Gasteiger partial charge in [0.2, 0.25) is 0 Å². The molecule has 0 saturated carbocycles. The summed E-state index contributed by atoms with van der Waals surface area (Å²) in [4.78, 5) is 9.32. The molecule has 3 heteroatoms. The minimum atomic E-state index is 0.669. The Morgan fingerprint density at radius 3 is 1.62 bits per heavy atom. The number of allylic oxidation sites excluding steroid dienone is 3. The molecule has 0 saturated heterocycles. The Labute approximate surface area is 233 Å². The number of anilines is 2. The second kappa shape index (κ2) is 11.6. The van der Waals surface area contributed by atoms with Crippen molar-refractivity contribution in [3.8, 4) is 0 Å². The number of nitrogens with zero attached hydrogens (tertiary/aromatic N) is 3. The molecule has 0 amide bonds. The molecule has 0 unspecified atom stereocenters. The summed E-state index contributed by atoms with van der Waals surface area (Å²) in [5.41, 5.74) is 13.2. The van der Waals surface area contributed by atoms with Crippen LogP contribution >= 0.6 is 0 Å². The average molecular weight is 512 g/mol. The molecule has 4 aromatic carbocycles. The molecule has 196 valence electrons. The molecule has 3 nitrogen and oxygen atoms in total. The van der Waals surface area contributed by atoms with Crippen LogP contribution < -0.4 is 9.80 Å². The Kier molecular flexibility index (Phi) is 7.79. The van der Waals surface area contributed by atoms with Gasteiger partial charge in [-0.15, -0.1) is 0 Å². The van der Waals surface area contributed by atoms with Crippen LogP contribution in [0.5, 0.6) is 0 Å². The van der Waals surface area contributed by atoms with Crippen molar-refractivity contribution in [1.82, 2.24) is 0 Å². The first-order chi connectivity index (χ1) is 18.9. The molecule has 0 radical (unpaired) electrons. The normalized spacial score (nSPS) is 13.4. The van der Waals surface area contributed by atoms with Gasteiger partial charge < -0.3 is 9.80 Å². The van der Waals surface area contributed by atoms with Crippen LogP contribution in [0.3, 0.4) is 0 Å². The highest BCUT2D eigenvalue weighted by molar-refractivity contribution is 6.19. The van der Waals surface area contributed by atoms with Crippen molar-refractivity contribution in [2.75, 3.05) is 38.0 Å². The van der Waals surface area contributed by atoms with Crippen molar-refractivity contribution in [1.29, 1.82) is 0 Å². The minimum Gasteiger partial charge on any atom is -0.378 e. The zero-order valence-electron chi connectivity index (χ0n) is 23.6. The van der Waals surface area contributed by atoms with Gasteiger partial charge in [0, 0.05) is 45.1 Å². The summed E-state index contributed by atoms with van der Waals surface area (Å²) in [6.07, 6.45) is 5.48. The number of hydrogen-bond donors (Lipinski definition) is 0. The molecule has 1 aliphatic rings. The van der Waals surface area contributed by atoms with Crippen molar-refractivity contribution in [2.45, 2.75) is 19.9 Å². The van der Waals surface area contributed by atoms with Gasteiger partial charge in [-0.25, -0.2) is 0 Å². The van der Waals surface area contributed by atoms with Crippen LogP contribution in [0.1, 0.15) is 40.3 Å². The maximum absolute atomic E-state index is 5.05. The van der Waals surface area contributed by atoms with E-state index in [0.29, 0.717) is 6.54 Å². The fourth-order valence-electron chi connectivity index (χ4n) is 5.03. The fraction of sp³-hybridized carbons (Fsp3) is 0.194. The summed E-state index contributed by atoms with van der Waals surface area (Å²) in [5.74, 6) is 0. The highest BCUT2D eigenvalue weighted by Gasteiger charge is 2.20. The second-order valence-electron chi connectivity index (χ2n) is 10.4. The first-order valence-corrected chi connectivity index (χ1v) is 13.6. The maximum atomic E-state index is 5.05. The summed E-state index contributed by atoms with van der Waals surface area (Å²) in [6, 6.07) is 35.2. The summed E-state index contributed by atoms with van der Waals surface area (Å²) < 4.78 is 0. The highest BCUT2D eigenvalue weighted by Crippen LogP contribution is 2.38. The van der Waals surface area contributed by atoms with Gasteiger partial charge in [-0.05, 0) is 75.7 Å². The van der Waals surface area contributed by atoms with Gasteiger partial charge >= 0.3 is 0 Å². The van der Waals surface area contributed by atoms with Crippen molar-refractivity contribution in [3.05, 3.63) is 143 Å². The summed E-state index contributed by atoms with van der Waals surface area (Å²) in [5, 5.41) is 0. The van der Waals surface area contributed by atoms with Crippen LogP contribution in [0.25, 0.3) is 11.1 Å². The lowest BCUT2D eigenvalue weighted by Crippen LogP contribution is -2.10. The van der Waals surface area contributed by atoms with Crippen molar-refractivity contribution < 1.29 is 0 Å². The lowest BCUT2D eigenvalue weighted by Gasteiger charge is -2.22. The molecule has 5 rings (SSSR count). The molecule has 0 fully saturated rings. The Morgan fingerprint density at radius 1 is 0.590 bits per heavy atom. The van der Waals surface area contributed by atoms with Gasteiger partial charge in [-0.3, -0.25) is 4.99 Å². The zero-order chi connectivity index (χ0) is 27.4. The number of aryl methyl sites for hydroxylation is 1. The largest absolute Gasteiger partial charge is 0.378 e. The van der Waals surface area contributed by atoms with Gasteiger partial charge in [0.25, 0.3) is 0 Å². The van der Waals surface area contributed by atoms with Gasteiger partial charge in [-0.2, -0.15) is 0 Å². The van der Waals surface area contributed by atoms with E-state index >= 15 is 0 Å². The van der Waals surface area contributed by atoms with Crippen LogP contribution in [0, 0.1) is 0 Å². The van der Waals surface area contributed by atoms with Crippen molar-refractivity contribution in [2.24, 2.45) is 4.99 Å². The molecule has 0 N–H and O–H groups in total. The molecule has 0 atom stereocenters. The third kappa shape index (κ3) is 5.73. The Bertz CT molecular complexity index is 1460. The van der Waals surface area contributed by atoms with Crippen LogP contribution in [0.2, 0.25) is 0 Å². The van der Waals surface area contributed by atoms with E-state index in [2.05, 4.69) is 154 Å². The second-order valence-corrected chi connectivity index (χ2v) is 10.4. The van der Waals surface area contributed by atoms with Gasteiger partial charge in [0.1, 0.15) is 0 Å². The molecule has 1 aliphatic carbocycles. The lowest BCUT2D eigenvalue weighted by atomic mass is 9.83. The number of rotatable bonds is 7. The Hall–Kier alpha value is -4.37. The van der Waals surface area contributed by atoms with Crippen LogP contribution in [-0.4, -0.2) is 33.9 Å². The molecular weight excluding hydrogens is 474 g/mol. The third-order valence-electron chi connectivity index (χ3n) is 7.38. The molecule has 0 bridgehead atoms. The first kappa shape index (κ1) is 26.2. The fourth-order valence-corrected chi connectivity index (χ4v) is 5.03. The standard InChI is InChI=1S/C36H37N3/c1-6-26-11-13-27(14-12-26)25-37-35-24-23-34(32-9-7-8-10-33(32)35)36(28-15-19-30(20-16-28)38(2)3)29-17-21-31(22-18-29)39(4)5/h7-24H,6,25H2,1-5H3. The predicted octanol–water partition coefficient (Wildman–Crippen LogP) is 7.90. The monoisotopic (exact) mass is 511 g/mol. The SMILES string of the molecule is CCc1ccc(CN=C2C=CC(=C(c3ccc(N(C)C)cc3)c3ccc(N(C)C)cc3)c3ccccc32)cc1. The van der Waals surface area contributed by atoms with E-state index in [4.69, 9.17) is 4.99 Å². The highest BCUT2D eigenvalue weighted by atomic mass is 15.1. The van der Waals surface area contributed by atoms with E-state index in [1.54, 1.807) is 0 Å². The molecule has 0 aliphatic heterocycles. The molecule has 4 aromatic rings. The average Bonchev–Trinajstić information content (AvgIpc) is 2.97. The van der Waals surface area contributed by atoms with E-state index < -0.39 is 0 Å². The van der Waals surface area contributed by atoms with E-state index in [9.17, 15) is 0 Å². The van der Waals surface area contributed by atoms with Crippen LogP contribution in [0.4, 0.5) is 11.4 Å². The Balaban J connectivity index is 1.62. The van der Waals surface area contributed by atoms with Gasteiger partial charge in [0.05, 0.1) is 12.3 Å². The lowest BCUT2D eigenvalue weighted by molar-refractivity contribution is 1.06. The van der Waals surface area contributed by atoms with Crippen molar-refractivity contribution >= 4 is 28.2 Å². The van der Waals surface area contributed by atoms with E-state index in [-0.39, 0.29) is 0 Å². The van der Waals surface area contributed by atoms with E-state index in [0.717, 1.165) is 12.1 Å². The predicted molar refractivity (Wildman–Crippen MR) is 169 cm³/mol. The zero-order valence-corrected chi connectivity index (χ0v) is 23.6. The van der Waals surface area contributed by atoms with Gasteiger partial charge in [-0.1, -0.05) is 85.8 Å². The molecule has 0 heterocycles. The molecule has 0 aromatic heterocycles. The smallest absolute Gasteiger partial charge is 0.0657 e. The first-order valence-electron chi connectivity index (χ1n) is 13.6. The number of aliphatic imine (C=N–C) groups is 1. The molecular formula is C36H37N3. The maximum Gasteiger partial charge on any atom is 0.0657 e. The van der Waals surface area contributed by atoms with E-state index in [1.165, 1.54) is 55.9 Å². The van der Waals surface area contributed by atoms with Crippen LogP contribution in [-0.2, 0) is 13.0 Å². The number of hydrogen-bond acceptors (Lipinski definition) is 3. The Morgan fingerprint density at radius 2 is 1.10 bits per heavy atom. The molecule has 0 spiro atoms. The number of fused-ring (bicyclic) bond motifs is 1. The topological polar surface area (TPSA) is 18.8 Å². The van der Waals surface area contributed by atoms with Crippen LogP contribution in [0.15, 0.2) is 114 Å². The van der Waals surface area contributed by atoms with Gasteiger partial charge in [0.15, 0.2) is 0 Å². The molecule has 39 heavy (non-hydrogen) atoms. The summed E-state index contributed by atoms with van der Waals surface area (Å²) in [6.45, 7) is 2.85. The van der Waals surface area contributed by atoms with E-state index in [1.807, 2.05) is 0 Å². The van der Waals surface area contributed by atoms with Crippen molar-refractivity contribution in [3.63, 3.8) is 0 Å². The summed E-state index contributed by atoms with van der Waals surface area (Å²) >= 11 is 0. The quantitative estimate of drug-likeness (QED) is 0.251.